The molecule has 0 saturated carbocycles. The average Bonchev–Trinajstić information content (AvgIpc) is 2.75. The van der Waals surface area contributed by atoms with Crippen LogP contribution in [0.3, 0.4) is 0 Å². The zero-order valence-corrected chi connectivity index (χ0v) is 21.6. The second-order valence-corrected chi connectivity index (χ2v) is 9.73. The molecule has 0 radical (unpaired) electrons. The maximum absolute atomic E-state index is 5.41. The van der Waals surface area contributed by atoms with Crippen LogP contribution in [0.4, 0.5) is 0 Å². The maximum Gasteiger partial charge on any atom is 0.287 e. The lowest BCUT2D eigenvalue weighted by molar-refractivity contribution is -0.892. The van der Waals surface area contributed by atoms with Gasteiger partial charge in [0.1, 0.15) is 0 Å². The lowest BCUT2D eigenvalue weighted by Gasteiger charge is -2.35. The van der Waals surface area contributed by atoms with Gasteiger partial charge in [-0.1, -0.05) is 96.8 Å². The predicted molar refractivity (Wildman–Crippen MR) is 130 cm³/mol. The maximum atomic E-state index is 5.41. The summed E-state index contributed by atoms with van der Waals surface area (Å²) in [5, 5.41) is 0. The monoisotopic (exact) mass is 430 g/mol. The van der Waals surface area contributed by atoms with Gasteiger partial charge in [-0.25, -0.2) is 0 Å². The number of nitrogens with zero attached hydrogens (tertiary/aromatic N) is 1. The normalized spacial score (nSPS) is 12.6. The minimum atomic E-state index is -0.899. The van der Waals surface area contributed by atoms with Crippen LogP contribution in [0, 0.1) is 0 Å². The fraction of sp³-hybridized carbons (Fsp3) is 1.00. The predicted octanol–water partition coefficient (Wildman–Crippen LogP) is 7.31. The van der Waals surface area contributed by atoms with Crippen molar-refractivity contribution in [3.8, 4) is 0 Å². The van der Waals surface area contributed by atoms with Crippen molar-refractivity contribution in [1.29, 1.82) is 0 Å². The highest BCUT2D eigenvalue weighted by atomic mass is 16.9. The third-order valence-corrected chi connectivity index (χ3v) is 6.57. The Morgan fingerprint density at radius 1 is 0.500 bits per heavy atom. The molecule has 4 nitrogen and oxygen atoms in total. The molecule has 0 rings (SSSR count). The Kier molecular flexibility index (Phi) is 19.4. The first-order chi connectivity index (χ1) is 14.4. The minimum Gasteiger partial charge on any atom is -0.331 e. The van der Waals surface area contributed by atoms with Crippen LogP contribution < -0.4 is 0 Å². The zero-order valence-electron chi connectivity index (χ0n) is 21.6. The molecule has 0 atom stereocenters. The molecule has 0 fully saturated rings. The van der Waals surface area contributed by atoms with E-state index in [0.717, 1.165) is 17.4 Å². The van der Waals surface area contributed by atoms with Gasteiger partial charge in [-0.2, -0.15) is 0 Å². The molecule has 0 aliphatic heterocycles. The van der Waals surface area contributed by atoms with Crippen LogP contribution in [0.15, 0.2) is 0 Å². The molecule has 0 N–H and O–H groups in total. The van der Waals surface area contributed by atoms with E-state index in [2.05, 4.69) is 21.0 Å². The van der Waals surface area contributed by atoms with Gasteiger partial charge in [0.15, 0.2) is 0 Å². The van der Waals surface area contributed by atoms with E-state index in [1.807, 2.05) is 0 Å². The van der Waals surface area contributed by atoms with E-state index in [1.54, 1.807) is 21.3 Å². The highest BCUT2D eigenvalue weighted by Crippen LogP contribution is 2.20. The Morgan fingerprint density at radius 2 is 0.833 bits per heavy atom. The van der Waals surface area contributed by atoms with Crippen LogP contribution in [0.2, 0.25) is 0 Å². The molecular formula is C26H56NO3+. The third-order valence-electron chi connectivity index (χ3n) is 6.57. The molecule has 0 unspecified atom stereocenters. The number of hydrogen-bond acceptors (Lipinski definition) is 3. The first-order valence-corrected chi connectivity index (χ1v) is 12.9. The number of quaternary nitrogens is 1. The number of methoxy groups -OCH3 is 3. The third kappa shape index (κ3) is 16.5. The topological polar surface area (TPSA) is 27.7 Å². The molecule has 0 aliphatic rings. The highest BCUT2D eigenvalue weighted by Gasteiger charge is 2.32. The first kappa shape index (κ1) is 29.8. The molecule has 0 saturated heterocycles. The highest BCUT2D eigenvalue weighted by molar-refractivity contribution is 4.56. The first-order valence-electron chi connectivity index (χ1n) is 12.9. The fourth-order valence-corrected chi connectivity index (χ4v) is 4.20. The van der Waals surface area contributed by atoms with E-state index in [4.69, 9.17) is 14.2 Å². The Balaban J connectivity index is 3.48. The van der Waals surface area contributed by atoms with E-state index in [9.17, 15) is 0 Å². The van der Waals surface area contributed by atoms with Crippen molar-refractivity contribution in [2.24, 2.45) is 0 Å². The Morgan fingerprint density at radius 3 is 1.17 bits per heavy atom. The van der Waals surface area contributed by atoms with Gasteiger partial charge in [-0.3, -0.25) is 0 Å². The number of ether oxygens (including phenoxy) is 3. The summed E-state index contributed by atoms with van der Waals surface area (Å²) in [5.41, 5.74) is 0. The van der Waals surface area contributed by atoms with Gasteiger partial charge in [0.05, 0.1) is 33.6 Å². The zero-order chi connectivity index (χ0) is 22.6. The molecule has 4 heteroatoms. The summed E-state index contributed by atoms with van der Waals surface area (Å²) in [5.74, 6) is -0.899. The molecule has 0 aromatic carbocycles. The van der Waals surface area contributed by atoms with Gasteiger partial charge in [0.25, 0.3) is 5.97 Å². The van der Waals surface area contributed by atoms with Crippen LogP contribution in [-0.2, 0) is 14.2 Å². The lowest BCUT2D eigenvalue weighted by Crippen LogP contribution is -2.47. The van der Waals surface area contributed by atoms with Crippen molar-refractivity contribution in [3.63, 3.8) is 0 Å². The largest absolute Gasteiger partial charge is 0.331 e. The van der Waals surface area contributed by atoms with Crippen LogP contribution in [0.1, 0.15) is 116 Å². The summed E-state index contributed by atoms with van der Waals surface area (Å²) in [6.45, 7) is 4.47. The van der Waals surface area contributed by atoms with Crippen molar-refractivity contribution in [2.75, 3.05) is 48.5 Å². The molecule has 0 bridgehead atoms. The van der Waals surface area contributed by atoms with E-state index in [0.29, 0.717) is 0 Å². The van der Waals surface area contributed by atoms with E-state index < -0.39 is 5.97 Å². The molecule has 0 spiro atoms. The quantitative estimate of drug-likeness (QED) is 0.0966. The molecule has 182 valence electrons. The summed E-state index contributed by atoms with van der Waals surface area (Å²) in [7, 11) is 9.50. The Hall–Kier alpha value is -0.160. The summed E-state index contributed by atoms with van der Waals surface area (Å²) in [6.07, 6.45) is 23.5. The second kappa shape index (κ2) is 19.5. The number of rotatable bonds is 23. The van der Waals surface area contributed by atoms with Crippen molar-refractivity contribution in [3.05, 3.63) is 0 Å². The second-order valence-electron chi connectivity index (χ2n) is 9.73. The fourth-order valence-electron chi connectivity index (χ4n) is 4.20. The summed E-state index contributed by atoms with van der Waals surface area (Å²) < 4.78 is 17.2. The number of unbranched alkanes of at least 4 members (excludes halogenated alkanes) is 15. The summed E-state index contributed by atoms with van der Waals surface area (Å²) >= 11 is 0. The van der Waals surface area contributed by atoms with Crippen molar-refractivity contribution in [2.45, 2.75) is 122 Å². The van der Waals surface area contributed by atoms with Gasteiger partial charge in [0, 0.05) is 21.3 Å². The molecule has 30 heavy (non-hydrogen) atoms. The van der Waals surface area contributed by atoms with Gasteiger partial charge >= 0.3 is 0 Å². The summed E-state index contributed by atoms with van der Waals surface area (Å²) in [4.78, 5) is 0. The number of hydrogen-bond donors (Lipinski definition) is 0. The summed E-state index contributed by atoms with van der Waals surface area (Å²) in [6, 6.07) is 0. The van der Waals surface area contributed by atoms with Gasteiger partial charge < -0.3 is 18.7 Å². The minimum absolute atomic E-state index is 0.738. The molecule has 0 aromatic heterocycles. The average molecular weight is 431 g/mol. The SMILES string of the molecule is CCCCCCCCCCCCCCCCCC[N+](C)(C)CCC(OC)(OC)OC. The van der Waals surface area contributed by atoms with E-state index >= 15 is 0 Å². The Labute approximate surface area is 189 Å². The van der Waals surface area contributed by atoms with E-state index in [-0.39, 0.29) is 0 Å². The van der Waals surface area contributed by atoms with Crippen LogP contribution in [0.5, 0.6) is 0 Å². The molecule has 0 heterocycles. The van der Waals surface area contributed by atoms with Gasteiger partial charge in [0.2, 0.25) is 0 Å². The smallest absolute Gasteiger partial charge is 0.287 e. The Bertz CT molecular complexity index is 348. The van der Waals surface area contributed by atoms with Crippen LogP contribution in [-0.4, -0.2) is 59.0 Å². The van der Waals surface area contributed by atoms with Crippen molar-refractivity contribution in [1.82, 2.24) is 0 Å². The van der Waals surface area contributed by atoms with Crippen LogP contribution in [0.25, 0.3) is 0 Å². The van der Waals surface area contributed by atoms with Gasteiger partial charge in [-0.15, -0.1) is 0 Å². The van der Waals surface area contributed by atoms with Gasteiger partial charge in [-0.05, 0) is 12.8 Å². The van der Waals surface area contributed by atoms with Crippen LogP contribution >= 0.6 is 0 Å². The van der Waals surface area contributed by atoms with Crippen molar-refractivity contribution < 1.29 is 18.7 Å². The molecule has 0 aliphatic carbocycles. The molecular weight excluding hydrogens is 374 g/mol. The molecule has 0 aromatic rings. The standard InChI is InChI=1S/C26H56NO3/c1-7-8-9-10-11-12-13-14-15-16-17-18-19-20-21-22-24-27(2,3)25-23-26(28-4,29-5)30-6/h7-25H2,1-6H3/q+1. The van der Waals surface area contributed by atoms with Crippen molar-refractivity contribution >= 4 is 0 Å². The lowest BCUT2D eigenvalue weighted by atomic mass is 10.0. The van der Waals surface area contributed by atoms with E-state index in [1.165, 1.54) is 109 Å². The molecule has 0 amide bonds.